The van der Waals surface area contributed by atoms with E-state index in [2.05, 4.69) is 5.43 Å². The Morgan fingerprint density at radius 1 is 1.26 bits per heavy atom. The Bertz CT molecular complexity index is 662. The number of carbonyl (C=O) groups is 1. The number of hydrogen-bond acceptors (Lipinski definition) is 5. The average molecular weight is 316 g/mol. The van der Waals surface area contributed by atoms with Crippen molar-refractivity contribution in [2.24, 2.45) is 0 Å². The minimum absolute atomic E-state index is 0.317. The molecule has 1 saturated heterocycles. The van der Waals surface area contributed by atoms with Gasteiger partial charge in [0, 0.05) is 11.8 Å². The summed E-state index contributed by atoms with van der Waals surface area (Å²) < 4.78 is 17.9. The fourth-order valence-corrected chi connectivity index (χ4v) is 2.52. The molecular formula is C17H20N2O4. The maximum atomic E-state index is 11.9. The van der Waals surface area contributed by atoms with Crippen LogP contribution in [0.15, 0.2) is 42.6 Å². The van der Waals surface area contributed by atoms with Crippen molar-refractivity contribution in [3.05, 3.63) is 59.4 Å². The number of nitrogens with zero attached hydrogens (tertiary/aromatic N) is 1. The minimum atomic E-state index is -0.347. The van der Waals surface area contributed by atoms with Crippen LogP contribution in [0.4, 0.5) is 0 Å². The van der Waals surface area contributed by atoms with Gasteiger partial charge < -0.3 is 19.6 Å². The predicted octanol–water partition coefficient (Wildman–Crippen LogP) is 2.45. The van der Waals surface area contributed by atoms with Crippen molar-refractivity contribution >= 4 is 5.97 Å². The molecule has 0 spiro atoms. The van der Waals surface area contributed by atoms with E-state index in [4.69, 9.17) is 14.2 Å². The highest BCUT2D eigenvalue weighted by Gasteiger charge is 2.21. The van der Waals surface area contributed by atoms with Gasteiger partial charge in [0.1, 0.15) is 5.69 Å². The fourth-order valence-electron chi connectivity index (χ4n) is 2.52. The first-order chi connectivity index (χ1) is 11.3. The van der Waals surface area contributed by atoms with Crippen LogP contribution in [0.3, 0.4) is 0 Å². The molecule has 1 aromatic carbocycles. The number of benzene rings is 1. The van der Waals surface area contributed by atoms with E-state index in [1.54, 1.807) is 29.9 Å². The summed E-state index contributed by atoms with van der Waals surface area (Å²) in [6.07, 6.45) is 1.47. The van der Waals surface area contributed by atoms with Crippen molar-refractivity contribution in [2.75, 3.05) is 25.2 Å². The predicted molar refractivity (Wildman–Crippen MR) is 84.5 cm³/mol. The monoisotopic (exact) mass is 316 g/mol. The summed E-state index contributed by atoms with van der Waals surface area (Å²) in [4.78, 5) is 11.9. The zero-order valence-electron chi connectivity index (χ0n) is 13.0. The Morgan fingerprint density at radius 2 is 2.04 bits per heavy atom. The van der Waals surface area contributed by atoms with Crippen LogP contribution in [0, 0.1) is 0 Å². The molecule has 0 unspecified atom stereocenters. The Labute approximate surface area is 134 Å². The summed E-state index contributed by atoms with van der Waals surface area (Å²) in [6.45, 7) is 3.90. The normalized spacial score (nSPS) is 14.8. The quantitative estimate of drug-likeness (QED) is 0.830. The van der Waals surface area contributed by atoms with Crippen LogP contribution >= 0.6 is 0 Å². The Kier molecular flexibility index (Phi) is 4.95. The molecule has 6 nitrogen and oxygen atoms in total. The second kappa shape index (κ2) is 7.30. The van der Waals surface area contributed by atoms with E-state index in [-0.39, 0.29) is 12.3 Å². The summed E-state index contributed by atoms with van der Waals surface area (Å²) in [5.41, 5.74) is 5.75. The first-order valence-electron chi connectivity index (χ1n) is 7.69. The highest BCUT2D eigenvalue weighted by atomic mass is 16.7. The molecular weight excluding hydrogens is 296 g/mol. The largest absolute Gasteiger partial charge is 0.461 e. The van der Waals surface area contributed by atoms with Crippen LogP contribution < -0.4 is 5.43 Å². The Morgan fingerprint density at radius 3 is 2.83 bits per heavy atom. The molecule has 6 heteroatoms. The summed E-state index contributed by atoms with van der Waals surface area (Å²) >= 11 is 0. The van der Waals surface area contributed by atoms with E-state index in [1.165, 1.54) is 0 Å². The van der Waals surface area contributed by atoms with E-state index in [0.29, 0.717) is 32.1 Å². The van der Waals surface area contributed by atoms with Crippen LogP contribution in [-0.2, 0) is 20.8 Å². The second-order valence-electron chi connectivity index (χ2n) is 5.09. The molecule has 122 valence electrons. The van der Waals surface area contributed by atoms with Gasteiger partial charge in [-0.25, -0.2) is 4.79 Å². The van der Waals surface area contributed by atoms with Crippen LogP contribution in [0.2, 0.25) is 0 Å². The number of hydrogen-bond donors (Lipinski definition) is 1. The molecule has 2 aromatic rings. The Balaban J connectivity index is 1.72. The second-order valence-corrected chi connectivity index (χ2v) is 5.09. The molecule has 0 atom stereocenters. The molecule has 1 aromatic heterocycles. The van der Waals surface area contributed by atoms with Gasteiger partial charge in [0.25, 0.3) is 0 Å². The van der Waals surface area contributed by atoms with E-state index in [9.17, 15) is 4.79 Å². The zero-order valence-corrected chi connectivity index (χ0v) is 13.0. The molecule has 1 fully saturated rings. The average Bonchev–Trinajstić information content (AvgIpc) is 3.25. The van der Waals surface area contributed by atoms with E-state index < -0.39 is 0 Å². The Hall–Kier alpha value is -2.31. The standard InChI is InChI=1S/C17H20N2O4/c1-2-21-16(20)15-8-5-9-19(15)18-12-13-6-3-4-7-14(13)17-22-10-11-23-17/h3-9,17-18H,2,10-12H2,1H3. The summed E-state index contributed by atoms with van der Waals surface area (Å²) in [7, 11) is 0. The minimum Gasteiger partial charge on any atom is -0.461 e. The van der Waals surface area contributed by atoms with Gasteiger partial charge in [-0.3, -0.25) is 4.68 Å². The fraction of sp³-hybridized carbons (Fsp3) is 0.353. The molecule has 1 aliphatic heterocycles. The lowest BCUT2D eigenvalue weighted by Gasteiger charge is -2.17. The summed E-state index contributed by atoms with van der Waals surface area (Å²) in [5, 5.41) is 0. The van der Waals surface area contributed by atoms with Gasteiger partial charge in [-0.2, -0.15) is 0 Å². The van der Waals surface area contributed by atoms with Crippen LogP contribution in [0.25, 0.3) is 0 Å². The highest BCUT2D eigenvalue weighted by molar-refractivity contribution is 5.87. The number of carbonyl (C=O) groups excluding carboxylic acids is 1. The molecule has 1 aliphatic rings. The lowest BCUT2D eigenvalue weighted by Crippen LogP contribution is -2.21. The lowest BCUT2D eigenvalue weighted by molar-refractivity contribution is -0.0446. The van der Waals surface area contributed by atoms with Crippen molar-refractivity contribution < 1.29 is 19.0 Å². The molecule has 2 heterocycles. The third-order valence-corrected chi connectivity index (χ3v) is 3.60. The van der Waals surface area contributed by atoms with E-state index >= 15 is 0 Å². The number of nitrogens with one attached hydrogen (secondary N) is 1. The number of esters is 1. The first kappa shape index (κ1) is 15.6. The van der Waals surface area contributed by atoms with Gasteiger partial charge in [-0.1, -0.05) is 24.3 Å². The van der Waals surface area contributed by atoms with Crippen molar-refractivity contribution in [2.45, 2.75) is 19.8 Å². The molecule has 0 radical (unpaired) electrons. The maximum absolute atomic E-state index is 11.9. The van der Waals surface area contributed by atoms with Gasteiger partial charge in [-0.15, -0.1) is 0 Å². The molecule has 0 amide bonds. The van der Waals surface area contributed by atoms with Crippen molar-refractivity contribution in [3.63, 3.8) is 0 Å². The third-order valence-electron chi connectivity index (χ3n) is 3.60. The van der Waals surface area contributed by atoms with E-state index in [1.807, 2.05) is 24.3 Å². The third kappa shape index (κ3) is 3.55. The van der Waals surface area contributed by atoms with Crippen molar-refractivity contribution in [1.29, 1.82) is 0 Å². The highest BCUT2D eigenvalue weighted by Crippen LogP contribution is 2.26. The van der Waals surface area contributed by atoms with Crippen LogP contribution in [0.5, 0.6) is 0 Å². The molecule has 0 bridgehead atoms. The SMILES string of the molecule is CCOC(=O)c1cccn1NCc1ccccc1C1OCCO1. The smallest absolute Gasteiger partial charge is 0.356 e. The molecule has 3 rings (SSSR count). The molecule has 1 N–H and O–H groups in total. The van der Waals surface area contributed by atoms with Crippen molar-refractivity contribution in [1.82, 2.24) is 4.68 Å². The number of aromatic nitrogens is 1. The first-order valence-corrected chi connectivity index (χ1v) is 7.69. The molecule has 0 aliphatic carbocycles. The maximum Gasteiger partial charge on any atom is 0.356 e. The van der Waals surface area contributed by atoms with Gasteiger partial charge in [0.15, 0.2) is 6.29 Å². The van der Waals surface area contributed by atoms with E-state index in [0.717, 1.165) is 11.1 Å². The number of rotatable bonds is 6. The zero-order chi connectivity index (χ0) is 16.1. The van der Waals surface area contributed by atoms with Gasteiger partial charge in [-0.05, 0) is 24.6 Å². The topological polar surface area (TPSA) is 61.7 Å². The lowest BCUT2D eigenvalue weighted by atomic mass is 10.1. The van der Waals surface area contributed by atoms with Gasteiger partial charge in [0.2, 0.25) is 0 Å². The van der Waals surface area contributed by atoms with Crippen molar-refractivity contribution in [3.8, 4) is 0 Å². The summed E-state index contributed by atoms with van der Waals surface area (Å²) in [5.74, 6) is -0.347. The van der Waals surface area contributed by atoms with Crippen LogP contribution in [-0.4, -0.2) is 30.5 Å². The van der Waals surface area contributed by atoms with Gasteiger partial charge >= 0.3 is 5.97 Å². The van der Waals surface area contributed by atoms with Crippen LogP contribution in [0.1, 0.15) is 34.8 Å². The molecule has 0 saturated carbocycles. The number of ether oxygens (including phenoxy) is 3. The summed E-state index contributed by atoms with van der Waals surface area (Å²) in [6, 6.07) is 11.5. The van der Waals surface area contributed by atoms with Gasteiger partial charge in [0.05, 0.1) is 26.4 Å². The molecule has 23 heavy (non-hydrogen) atoms.